The lowest BCUT2D eigenvalue weighted by atomic mass is 10.1. The molecule has 0 saturated heterocycles. The molecular formula is C14H17NO4. The standard InChI is InChI=1S/C14H17NO4/c1-9(2)7-12(14(18)19-3)15-13(17)10-5-4-6-11(16)8-10/h4-6,8,12,16H,1,7H2,2-3H3,(H,15,17)/t12-/m1/s1. The van der Waals surface area contributed by atoms with Gasteiger partial charge in [-0.1, -0.05) is 11.6 Å². The number of ether oxygens (including phenoxy) is 1. The maximum atomic E-state index is 11.9. The van der Waals surface area contributed by atoms with Crippen LogP contribution < -0.4 is 5.32 Å². The molecule has 0 aliphatic carbocycles. The third-order valence-electron chi connectivity index (χ3n) is 2.45. The second kappa shape index (κ2) is 6.58. The summed E-state index contributed by atoms with van der Waals surface area (Å²) in [6.45, 7) is 5.47. The Bertz CT molecular complexity index is 496. The molecular weight excluding hydrogens is 246 g/mol. The van der Waals surface area contributed by atoms with Crippen LogP contribution in [-0.4, -0.2) is 30.1 Å². The van der Waals surface area contributed by atoms with Crippen LogP contribution >= 0.6 is 0 Å². The van der Waals surface area contributed by atoms with E-state index < -0.39 is 17.9 Å². The summed E-state index contributed by atoms with van der Waals surface area (Å²) >= 11 is 0. The Balaban J connectivity index is 2.81. The van der Waals surface area contributed by atoms with E-state index in [1.165, 1.54) is 19.2 Å². The summed E-state index contributed by atoms with van der Waals surface area (Å²) in [6, 6.07) is 5.10. The van der Waals surface area contributed by atoms with Crippen LogP contribution in [0.1, 0.15) is 23.7 Å². The molecule has 0 aromatic heterocycles. The number of nitrogens with one attached hydrogen (secondary N) is 1. The number of esters is 1. The minimum absolute atomic E-state index is 0.0119. The minimum Gasteiger partial charge on any atom is -0.508 e. The number of amides is 1. The highest BCUT2D eigenvalue weighted by molar-refractivity contribution is 5.97. The van der Waals surface area contributed by atoms with Gasteiger partial charge in [0.1, 0.15) is 11.8 Å². The lowest BCUT2D eigenvalue weighted by molar-refractivity contribution is -0.142. The number of methoxy groups -OCH3 is 1. The summed E-state index contributed by atoms with van der Waals surface area (Å²) < 4.78 is 4.63. The third kappa shape index (κ3) is 4.46. The van der Waals surface area contributed by atoms with E-state index in [1.807, 2.05) is 0 Å². The molecule has 19 heavy (non-hydrogen) atoms. The van der Waals surface area contributed by atoms with Gasteiger partial charge in [-0.25, -0.2) is 4.79 Å². The first-order valence-electron chi connectivity index (χ1n) is 5.76. The molecule has 0 fully saturated rings. The van der Waals surface area contributed by atoms with E-state index in [0.717, 1.165) is 5.57 Å². The lowest BCUT2D eigenvalue weighted by Gasteiger charge is -2.16. The van der Waals surface area contributed by atoms with Gasteiger partial charge in [0.05, 0.1) is 7.11 Å². The van der Waals surface area contributed by atoms with E-state index in [1.54, 1.807) is 19.1 Å². The van der Waals surface area contributed by atoms with Crippen LogP contribution in [0.3, 0.4) is 0 Å². The molecule has 1 atom stereocenters. The molecule has 0 aliphatic rings. The van der Waals surface area contributed by atoms with Gasteiger partial charge in [-0.3, -0.25) is 4.79 Å². The lowest BCUT2D eigenvalue weighted by Crippen LogP contribution is -2.41. The van der Waals surface area contributed by atoms with Gasteiger partial charge >= 0.3 is 5.97 Å². The van der Waals surface area contributed by atoms with Gasteiger partial charge in [0.15, 0.2) is 0 Å². The summed E-state index contributed by atoms with van der Waals surface area (Å²) in [4.78, 5) is 23.5. The fourth-order valence-corrected chi connectivity index (χ4v) is 1.57. The van der Waals surface area contributed by atoms with E-state index >= 15 is 0 Å². The molecule has 0 heterocycles. The van der Waals surface area contributed by atoms with Crippen LogP contribution in [0.4, 0.5) is 0 Å². The number of carbonyl (C=O) groups excluding carboxylic acids is 2. The van der Waals surface area contributed by atoms with Crippen LogP contribution in [0.5, 0.6) is 5.75 Å². The van der Waals surface area contributed by atoms with E-state index in [9.17, 15) is 14.7 Å². The van der Waals surface area contributed by atoms with Gasteiger partial charge in [0.2, 0.25) is 0 Å². The highest BCUT2D eigenvalue weighted by Gasteiger charge is 2.22. The maximum absolute atomic E-state index is 11.9. The molecule has 1 amide bonds. The summed E-state index contributed by atoms with van der Waals surface area (Å²) in [5.74, 6) is -0.994. The summed E-state index contributed by atoms with van der Waals surface area (Å²) in [5.41, 5.74) is 1.03. The molecule has 1 aromatic carbocycles. The summed E-state index contributed by atoms with van der Waals surface area (Å²) in [6.07, 6.45) is 0.303. The first-order valence-corrected chi connectivity index (χ1v) is 5.76. The number of hydrogen-bond donors (Lipinski definition) is 2. The molecule has 2 N–H and O–H groups in total. The van der Waals surface area contributed by atoms with Crippen LogP contribution in [0.15, 0.2) is 36.4 Å². The van der Waals surface area contributed by atoms with Gasteiger partial charge in [0, 0.05) is 5.56 Å². The van der Waals surface area contributed by atoms with Gasteiger partial charge in [-0.05, 0) is 31.5 Å². The van der Waals surface area contributed by atoms with Gasteiger partial charge in [-0.2, -0.15) is 0 Å². The average molecular weight is 263 g/mol. The average Bonchev–Trinajstić information content (AvgIpc) is 2.36. The number of aromatic hydroxyl groups is 1. The van der Waals surface area contributed by atoms with Crippen molar-refractivity contribution in [1.82, 2.24) is 5.32 Å². The number of benzene rings is 1. The summed E-state index contributed by atoms with van der Waals surface area (Å²) in [5, 5.41) is 11.9. The van der Waals surface area contributed by atoms with Gasteiger partial charge < -0.3 is 15.2 Å². The van der Waals surface area contributed by atoms with Gasteiger partial charge in [-0.15, -0.1) is 6.58 Å². The van der Waals surface area contributed by atoms with Crippen molar-refractivity contribution < 1.29 is 19.4 Å². The highest BCUT2D eigenvalue weighted by atomic mass is 16.5. The highest BCUT2D eigenvalue weighted by Crippen LogP contribution is 2.12. The van der Waals surface area contributed by atoms with Crippen molar-refractivity contribution in [3.8, 4) is 5.75 Å². The second-order valence-electron chi connectivity index (χ2n) is 4.26. The number of phenols is 1. The molecule has 1 aromatic rings. The van der Waals surface area contributed by atoms with Crippen LogP contribution in [-0.2, 0) is 9.53 Å². The largest absolute Gasteiger partial charge is 0.508 e. The van der Waals surface area contributed by atoms with Crippen LogP contribution in [0.25, 0.3) is 0 Å². The Kier molecular flexibility index (Phi) is 5.11. The van der Waals surface area contributed by atoms with Crippen LogP contribution in [0.2, 0.25) is 0 Å². The molecule has 0 unspecified atom stereocenters. The number of phenolic OH excluding ortho intramolecular Hbond substituents is 1. The van der Waals surface area contributed by atoms with Crippen molar-refractivity contribution in [2.24, 2.45) is 0 Å². The number of hydrogen-bond acceptors (Lipinski definition) is 4. The molecule has 5 heteroatoms. The minimum atomic E-state index is -0.780. The Labute approximate surface area is 111 Å². The zero-order valence-corrected chi connectivity index (χ0v) is 11.0. The second-order valence-corrected chi connectivity index (χ2v) is 4.26. The zero-order chi connectivity index (χ0) is 14.4. The molecule has 5 nitrogen and oxygen atoms in total. The van der Waals surface area contributed by atoms with Crippen molar-refractivity contribution in [2.75, 3.05) is 7.11 Å². The van der Waals surface area contributed by atoms with E-state index in [-0.39, 0.29) is 11.3 Å². The number of carbonyl (C=O) groups is 2. The van der Waals surface area contributed by atoms with E-state index in [4.69, 9.17) is 0 Å². The van der Waals surface area contributed by atoms with E-state index in [2.05, 4.69) is 16.6 Å². The van der Waals surface area contributed by atoms with Crippen molar-refractivity contribution in [2.45, 2.75) is 19.4 Å². The Morgan fingerprint density at radius 1 is 1.47 bits per heavy atom. The summed E-state index contributed by atoms with van der Waals surface area (Å²) in [7, 11) is 1.26. The fraction of sp³-hybridized carbons (Fsp3) is 0.286. The van der Waals surface area contributed by atoms with E-state index in [0.29, 0.717) is 6.42 Å². The molecule has 0 spiro atoms. The molecule has 0 saturated carbocycles. The van der Waals surface area contributed by atoms with Crippen LogP contribution in [0, 0.1) is 0 Å². The number of rotatable bonds is 5. The van der Waals surface area contributed by atoms with Crippen molar-refractivity contribution in [3.63, 3.8) is 0 Å². The Morgan fingerprint density at radius 3 is 2.68 bits per heavy atom. The quantitative estimate of drug-likeness (QED) is 0.625. The third-order valence-corrected chi connectivity index (χ3v) is 2.45. The topological polar surface area (TPSA) is 75.6 Å². The molecule has 1 rings (SSSR count). The first-order chi connectivity index (χ1) is 8.93. The zero-order valence-electron chi connectivity index (χ0n) is 11.0. The monoisotopic (exact) mass is 263 g/mol. The smallest absolute Gasteiger partial charge is 0.328 e. The SMILES string of the molecule is C=C(C)C[C@@H](NC(=O)c1cccc(O)c1)C(=O)OC. The fourth-order valence-electron chi connectivity index (χ4n) is 1.57. The Hall–Kier alpha value is -2.30. The maximum Gasteiger partial charge on any atom is 0.328 e. The van der Waals surface area contributed by atoms with Crippen molar-refractivity contribution >= 4 is 11.9 Å². The molecule has 102 valence electrons. The molecule has 0 radical (unpaired) electrons. The normalized spacial score (nSPS) is 11.5. The van der Waals surface area contributed by atoms with Gasteiger partial charge in [0.25, 0.3) is 5.91 Å². The van der Waals surface area contributed by atoms with Crippen molar-refractivity contribution in [1.29, 1.82) is 0 Å². The molecule has 0 bridgehead atoms. The Morgan fingerprint density at radius 2 is 2.16 bits per heavy atom. The molecule has 0 aliphatic heterocycles. The van der Waals surface area contributed by atoms with Crippen molar-refractivity contribution in [3.05, 3.63) is 42.0 Å². The predicted octanol–water partition coefficient (Wildman–Crippen LogP) is 1.63. The first kappa shape index (κ1) is 14.8. The predicted molar refractivity (Wildman–Crippen MR) is 70.8 cm³/mol.